The zero-order chi connectivity index (χ0) is 11.7. The van der Waals surface area contributed by atoms with Crippen LogP contribution in [0.3, 0.4) is 0 Å². The van der Waals surface area contributed by atoms with Gasteiger partial charge in [0, 0.05) is 11.9 Å². The van der Waals surface area contributed by atoms with Crippen LogP contribution < -0.4 is 5.32 Å². The van der Waals surface area contributed by atoms with Crippen LogP contribution in [-0.2, 0) is 9.59 Å². The normalized spacial score (nSPS) is 19.2. The molecule has 82 valence electrons. The fraction of sp³-hybridized carbons (Fsp3) is 0.100. The third-order valence-electron chi connectivity index (χ3n) is 2.13. The Kier molecular flexibility index (Phi) is 2.57. The van der Waals surface area contributed by atoms with Crippen LogP contribution in [0.5, 0.6) is 0 Å². The molecular weight excluding hydrogens is 228 g/mol. The standard InChI is InChI=1S/C10H8N2O3S/c1-12-9(14)7(8(13)11-10(12)15)5-6-3-2-4-16-6/h2-5H,1H3,(H,11,13,15). The Labute approximate surface area is 95.4 Å². The van der Waals surface area contributed by atoms with E-state index in [0.717, 1.165) is 9.78 Å². The van der Waals surface area contributed by atoms with Gasteiger partial charge in [0.2, 0.25) is 0 Å². The summed E-state index contributed by atoms with van der Waals surface area (Å²) < 4.78 is 0. The van der Waals surface area contributed by atoms with Gasteiger partial charge in [0.05, 0.1) is 0 Å². The van der Waals surface area contributed by atoms with Crippen LogP contribution in [0.25, 0.3) is 6.08 Å². The summed E-state index contributed by atoms with van der Waals surface area (Å²) in [5.74, 6) is -1.23. The zero-order valence-corrected chi connectivity index (χ0v) is 9.21. The number of rotatable bonds is 1. The molecule has 0 unspecified atom stereocenters. The summed E-state index contributed by atoms with van der Waals surface area (Å²) in [5.41, 5.74) is -0.0236. The summed E-state index contributed by atoms with van der Waals surface area (Å²) in [6.45, 7) is 0. The molecule has 1 N–H and O–H groups in total. The molecule has 0 aliphatic carbocycles. The van der Waals surface area contributed by atoms with Crippen LogP contribution in [0.15, 0.2) is 23.1 Å². The highest BCUT2D eigenvalue weighted by molar-refractivity contribution is 7.10. The first-order chi connectivity index (χ1) is 7.59. The predicted molar refractivity (Wildman–Crippen MR) is 58.6 cm³/mol. The van der Waals surface area contributed by atoms with Crippen molar-refractivity contribution in [2.24, 2.45) is 0 Å². The van der Waals surface area contributed by atoms with Crippen molar-refractivity contribution >= 4 is 35.3 Å². The van der Waals surface area contributed by atoms with Crippen LogP contribution in [0.2, 0.25) is 0 Å². The van der Waals surface area contributed by atoms with Gasteiger partial charge in [0.1, 0.15) is 5.57 Å². The van der Waals surface area contributed by atoms with Crippen molar-refractivity contribution in [3.63, 3.8) is 0 Å². The molecular formula is C10H8N2O3S. The number of carbonyl (C=O) groups excluding carboxylic acids is 3. The molecule has 0 spiro atoms. The van der Waals surface area contributed by atoms with Crippen LogP contribution in [-0.4, -0.2) is 29.8 Å². The summed E-state index contributed by atoms with van der Waals surface area (Å²) in [5, 5.41) is 3.93. The van der Waals surface area contributed by atoms with Crippen molar-refractivity contribution in [2.75, 3.05) is 7.05 Å². The molecule has 2 heterocycles. The van der Waals surface area contributed by atoms with Gasteiger partial charge < -0.3 is 0 Å². The Bertz CT molecular complexity index is 490. The summed E-state index contributed by atoms with van der Waals surface area (Å²) in [4.78, 5) is 35.9. The minimum atomic E-state index is -0.696. The maximum absolute atomic E-state index is 11.7. The number of hydrogen-bond donors (Lipinski definition) is 1. The number of carbonyl (C=O) groups is 3. The monoisotopic (exact) mass is 236 g/mol. The smallest absolute Gasteiger partial charge is 0.273 e. The third-order valence-corrected chi connectivity index (χ3v) is 2.95. The number of nitrogens with one attached hydrogen (secondary N) is 1. The molecule has 0 saturated carbocycles. The quantitative estimate of drug-likeness (QED) is 0.580. The van der Waals surface area contributed by atoms with E-state index in [1.807, 2.05) is 11.4 Å². The first-order valence-corrected chi connectivity index (χ1v) is 5.36. The van der Waals surface area contributed by atoms with Crippen LogP contribution in [0.1, 0.15) is 4.88 Å². The maximum Gasteiger partial charge on any atom is 0.331 e. The molecule has 2 rings (SSSR count). The van der Waals surface area contributed by atoms with Crippen molar-refractivity contribution in [3.8, 4) is 0 Å². The molecule has 1 saturated heterocycles. The molecule has 1 aliphatic heterocycles. The topological polar surface area (TPSA) is 66.5 Å². The van der Waals surface area contributed by atoms with Crippen LogP contribution in [0, 0.1) is 0 Å². The highest BCUT2D eigenvalue weighted by Crippen LogP contribution is 2.16. The average Bonchev–Trinajstić information content (AvgIpc) is 2.74. The van der Waals surface area contributed by atoms with Gasteiger partial charge in [-0.05, 0) is 17.5 Å². The number of thiophene rings is 1. The van der Waals surface area contributed by atoms with Gasteiger partial charge in [-0.3, -0.25) is 19.8 Å². The first-order valence-electron chi connectivity index (χ1n) is 4.48. The minimum absolute atomic E-state index is 0.0236. The Balaban J connectivity index is 2.37. The molecule has 0 bridgehead atoms. The molecule has 1 aromatic rings. The number of hydrogen-bond acceptors (Lipinski definition) is 4. The highest BCUT2D eigenvalue weighted by atomic mass is 32.1. The fourth-order valence-electron chi connectivity index (χ4n) is 1.26. The molecule has 6 heteroatoms. The van der Waals surface area contributed by atoms with Gasteiger partial charge in [-0.2, -0.15) is 0 Å². The van der Waals surface area contributed by atoms with Crippen molar-refractivity contribution in [1.82, 2.24) is 10.2 Å². The summed E-state index contributed by atoms with van der Waals surface area (Å²) >= 11 is 1.41. The molecule has 1 aromatic heterocycles. The van der Waals surface area contributed by atoms with E-state index in [0.29, 0.717) is 0 Å². The van der Waals surface area contributed by atoms with Gasteiger partial charge in [-0.15, -0.1) is 11.3 Å². The number of urea groups is 1. The molecule has 16 heavy (non-hydrogen) atoms. The predicted octanol–water partition coefficient (Wildman–Crippen LogP) is 0.840. The lowest BCUT2D eigenvalue weighted by Crippen LogP contribution is -2.52. The SMILES string of the molecule is CN1C(=O)NC(=O)C(=Cc2cccs2)C1=O. The van der Waals surface area contributed by atoms with Crippen LogP contribution in [0.4, 0.5) is 4.79 Å². The maximum atomic E-state index is 11.7. The second-order valence-corrected chi connectivity index (χ2v) is 4.18. The lowest BCUT2D eigenvalue weighted by Gasteiger charge is -2.22. The van der Waals surface area contributed by atoms with E-state index >= 15 is 0 Å². The number of amides is 4. The fourth-order valence-corrected chi connectivity index (χ4v) is 1.92. The van der Waals surface area contributed by atoms with E-state index in [1.165, 1.54) is 24.5 Å². The molecule has 5 nitrogen and oxygen atoms in total. The van der Waals surface area contributed by atoms with Crippen LogP contribution >= 0.6 is 11.3 Å². The second kappa shape index (κ2) is 3.90. The van der Waals surface area contributed by atoms with E-state index in [1.54, 1.807) is 6.07 Å². The minimum Gasteiger partial charge on any atom is -0.273 e. The number of nitrogens with zero attached hydrogens (tertiary/aromatic N) is 1. The Morgan fingerprint density at radius 1 is 1.38 bits per heavy atom. The van der Waals surface area contributed by atoms with Gasteiger partial charge in [-0.25, -0.2) is 4.79 Å². The van der Waals surface area contributed by atoms with Gasteiger partial charge in [0.25, 0.3) is 11.8 Å². The number of likely N-dealkylation sites (N-methyl/N-ethyl adjacent to an activating group) is 1. The molecule has 0 atom stereocenters. The first kappa shape index (κ1) is 10.6. The second-order valence-electron chi connectivity index (χ2n) is 3.20. The van der Waals surface area contributed by atoms with Crippen molar-refractivity contribution in [1.29, 1.82) is 0 Å². The summed E-state index contributed by atoms with van der Waals surface area (Å²) in [7, 11) is 1.33. The highest BCUT2D eigenvalue weighted by Gasteiger charge is 2.32. The zero-order valence-electron chi connectivity index (χ0n) is 8.39. The Morgan fingerprint density at radius 2 is 2.12 bits per heavy atom. The molecule has 1 fully saturated rings. The van der Waals surface area contributed by atoms with Crippen molar-refractivity contribution in [2.45, 2.75) is 0 Å². The third kappa shape index (κ3) is 1.74. The van der Waals surface area contributed by atoms with Crippen molar-refractivity contribution < 1.29 is 14.4 Å². The lowest BCUT2D eigenvalue weighted by molar-refractivity contribution is -0.129. The Morgan fingerprint density at radius 3 is 2.75 bits per heavy atom. The Hall–Kier alpha value is -1.95. The van der Waals surface area contributed by atoms with E-state index < -0.39 is 17.8 Å². The molecule has 0 radical (unpaired) electrons. The molecule has 4 amide bonds. The largest absolute Gasteiger partial charge is 0.331 e. The lowest BCUT2D eigenvalue weighted by atomic mass is 10.1. The average molecular weight is 236 g/mol. The molecule has 1 aliphatic rings. The van der Waals surface area contributed by atoms with Gasteiger partial charge in [-0.1, -0.05) is 6.07 Å². The summed E-state index contributed by atoms with van der Waals surface area (Å²) in [6, 6.07) is 2.91. The van der Waals surface area contributed by atoms with E-state index in [4.69, 9.17) is 0 Å². The number of imide groups is 2. The summed E-state index contributed by atoms with van der Waals surface area (Å²) in [6.07, 6.45) is 1.48. The molecule has 0 aromatic carbocycles. The number of barbiturate groups is 1. The van der Waals surface area contributed by atoms with E-state index in [2.05, 4.69) is 5.32 Å². The van der Waals surface area contributed by atoms with E-state index in [-0.39, 0.29) is 5.57 Å². The van der Waals surface area contributed by atoms with E-state index in [9.17, 15) is 14.4 Å². The van der Waals surface area contributed by atoms with Gasteiger partial charge >= 0.3 is 6.03 Å². The van der Waals surface area contributed by atoms with Gasteiger partial charge in [0.15, 0.2) is 0 Å². The van der Waals surface area contributed by atoms with Crippen molar-refractivity contribution in [3.05, 3.63) is 28.0 Å².